The fraction of sp³-hybridized carbons (Fsp3) is 0.824. The third-order valence-electron chi connectivity index (χ3n) is 3.71. The maximum atomic E-state index is 11.2. The number of unbranched alkanes of at least 4 members (excludes halogenated alkanes) is 8. The number of esters is 1. The van der Waals surface area contributed by atoms with E-state index in [2.05, 4.69) is 6.58 Å². The van der Waals surface area contributed by atoms with Gasteiger partial charge < -0.3 is 13.6 Å². The molecule has 0 N–H and O–H groups in total. The van der Waals surface area contributed by atoms with Crippen LogP contribution in [0, 0.1) is 0 Å². The number of hydrogen-bond acceptors (Lipinski definition) is 4. The molecule has 0 saturated carbocycles. The van der Waals surface area contributed by atoms with E-state index in [-0.39, 0.29) is 5.97 Å². The maximum absolute atomic E-state index is 11.2. The first-order chi connectivity index (χ1) is 10.7. The van der Waals surface area contributed by atoms with Gasteiger partial charge in [0.2, 0.25) is 0 Å². The minimum Gasteiger partial charge on any atom is -0.461 e. The van der Waals surface area contributed by atoms with Crippen LogP contribution in [0.1, 0.15) is 64.2 Å². The molecule has 0 unspecified atom stereocenters. The van der Waals surface area contributed by atoms with E-state index in [4.69, 9.17) is 13.6 Å². The van der Waals surface area contributed by atoms with Crippen LogP contribution in [-0.4, -0.2) is 36.1 Å². The van der Waals surface area contributed by atoms with Crippen LogP contribution in [0.25, 0.3) is 0 Å². The fourth-order valence-electron chi connectivity index (χ4n) is 2.37. The van der Waals surface area contributed by atoms with E-state index in [9.17, 15) is 4.79 Å². The lowest BCUT2D eigenvalue weighted by atomic mass is 10.1. The molecule has 0 atom stereocenters. The van der Waals surface area contributed by atoms with Crippen molar-refractivity contribution in [1.82, 2.24) is 0 Å². The summed E-state index contributed by atoms with van der Waals surface area (Å²) in [5, 5.41) is 0. The van der Waals surface area contributed by atoms with Gasteiger partial charge in [0.1, 0.15) is 6.61 Å². The lowest BCUT2D eigenvalue weighted by Crippen LogP contribution is -2.18. The molecule has 0 aliphatic rings. The van der Waals surface area contributed by atoms with Crippen LogP contribution < -0.4 is 0 Å². The van der Waals surface area contributed by atoms with Gasteiger partial charge in [-0.05, 0) is 12.5 Å². The molecular weight excluding hydrogens is 296 g/mol. The van der Waals surface area contributed by atoms with Gasteiger partial charge >= 0.3 is 15.3 Å². The molecule has 0 amide bonds. The van der Waals surface area contributed by atoms with E-state index >= 15 is 0 Å². The summed E-state index contributed by atoms with van der Waals surface area (Å²) in [6, 6.07) is 1.12. The Morgan fingerprint density at radius 2 is 1.41 bits per heavy atom. The molecule has 22 heavy (non-hydrogen) atoms. The van der Waals surface area contributed by atoms with Gasteiger partial charge in [0.25, 0.3) is 0 Å². The molecule has 0 aromatic rings. The van der Waals surface area contributed by atoms with Crippen LogP contribution in [0.15, 0.2) is 12.7 Å². The maximum Gasteiger partial charge on any atom is 0.320 e. The quantitative estimate of drug-likeness (QED) is 0.185. The molecule has 0 radical (unpaired) electrons. The molecular formula is C17H34O4Si. The highest BCUT2D eigenvalue weighted by molar-refractivity contribution is 6.44. The summed E-state index contributed by atoms with van der Waals surface area (Å²) >= 11 is 0. The van der Waals surface area contributed by atoms with E-state index in [1.807, 2.05) is 0 Å². The Labute approximate surface area is 138 Å². The van der Waals surface area contributed by atoms with Gasteiger partial charge in [-0.15, -0.1) is 0 Å². The number of carbonyl (C=O) groups excluding carboxylic acids is 1. The molecule has 0 aromatic heterocycles. The van der Waals surface area contributed by atoms with Crippen LogP contribution in [-0.2, 0) is 18.4 Å². The topological polar surface area (TPSA) is 44.8 Å². The molecule has 4 nitrogen and oxygen atoms in total. The molecule has 0 aliphatic carbocycles. The zero-order valence-corrected chi connectivity index (χ0v) is 15.6. The molecule has 0 fully saturated rings. The standard InChI is InChI=1S/C17H34O4Si/c1-4-15-21-17(18)14-12-10-8-6-5-7-9-11-13-16-22(19-2)20-3/h4,22H,1,5-16H2,2-3H3. The monoisotopic (exact) mass is 330 g/mol. The van der Waals surface area contributed by atoms with Crippen LogP contribution in [0.5, 0.6) is 0 Å². The molecule has 0 heterocycles. The van der Waals surface area contributed by atoms with E-state index in [0.717, 1.165) is 18.9 Å². The van der Waals surface area contributed by atoms with Crippen LogP contribution >= 0.6 is 0 Å². The second kappa shape index (κ2) is 16.7. The molecule has 0 aromatic carbocycles. The number of hydrogen-bond donors (Lipinski definition) is 0. The summed E-state index contributed by atoms with van der Waals surface area (Å²) in [6.45, 7) is 3.85. The van der Waals surface area contributed by atoms with Gasteiger partial charge in [-0.3, -0.25) is 4.79 Å². The molecule has 0 bridgehead atoms. The summed E-state index contributed by atoms with van der Waals surface area (Å²) in [5.74, 6) is -0.103. The summed E-state index contributed by atoms with van der Waals surface area (Å²) < 4.78 is 15.5. The fourth-order valence-corrected chi connectivity index (χ4v) is 3.66. The van der Waals surface area contributed by atoms with Gasteiger partial charge in [-0.25, -0.2) is 0 Å². The van der Waals surface area contributed by atoms with E-state index in [1.165, 1.54) is 44.9 Å². The lowest BCUT2D eigenvalue weighted by molar-refractivity contribution is -0.142. The SMILES string of the molecule is C=CCOC(=O)CCCCCCCCCCC[SiH](OC)OC. The Bertz CT molecular complexity index is 267. The number of rotatable bonds is 16. The average Bonchev–Trinajstić information content (AvgIpc) is 2.54. The first-order valence-corrected chi connectivity index (χ1v) is 10.3. The van der Waals surface area contributed by atoms with Crippen molar-refractivity contribution in [2.45, 2.75) is 70.3 Å². The largest absolute Gasteiger partial charge is 0.461 e. The highest BCUT2D eigenvalue weighted by Crippen LogP contribution is 2.12. The first kappa shape index (κ1) is 21.3. The molecule has 0 spiro atoms. The van der Waals surface area contributed by atoms with Crippen molar-refractivity contribution in [3.8, 4) is 0 Å². The summed E-state index contributed by atoms with van der Waals surface area (Å²) in [5.41, 5.74) is 0. The van der Waals surface area contributed by atoms with Crippen molar-refractivity contribution in [3.05, 3.63) is 12.7 Å². The number of ether oxygens (including phenoxy) is 1. The van der Waals surface area contributed by atoms with Gasteiger partial charge in [-0.1, -0.05) is 64.0 Å². The Hall–Kier alpha value is -0.653. The van der Waals surface area contributed by atoms with Crippen molar-refractivity contribution in [2.24, 2.45) is 0 Å². The lowest BCUT2D eigenvalue weighted by Gasteiger charge is -2.10. The van der Waals surface area contributed by atoms with Crippen molar-refractivity contribution in [2.75, 3.05) is 20.8 Å². The van der Waals surface area contributed by atoms with Gasteiger partial charge in [0.05, 0.1) is 0 Å². The average molecular weight is 331 g/mol. The van der Waals surface area contributed by atoms with Crippen molar-refractivity contribution in [1.29, 1.82) is 0 Å². The van der Waals surface area contributed by atoms with Crippen LogP contribution in [0.4, 0.5) is 0 Å². The van der Waals surface area contributed by atoms with Gasteiger partial charge in [-0.2, -0.15) is 0 Å². The molecule has 0 saturated heterocycles. The second-order valence-corrected chi connectivity index (χ2v) is 7.97. The second-order valence-electron chi connectivity index (χ2n) is 5.59. The summed E-state index contributed by atoms with van der Waals surface area (Å²) in [4.78, 5) is 11.2. The predicted octanol–water partition coefficient (Wildman–Crippen LogP) is 4.13. The van der Waals surface area contributed by atoms with E-state index < -0.39 is 9.28 Å². The third-order valence-corrected chi connectivity index (χ3v) is 5.64. The van der Waals surface area contributed by atoms with Crippen molar-refractivity contribution >= 4 is 15.3 Å². The van der Waals surface area contributed by atoms with Gasteiger partial charge in [0, 0.05) is 20.6 Å². The third kappa shape index (κ3) is 14.3. The molecule has 0 aliphatic heterocycles. The van der Waals surface area contributed by atoms with Gasteiger partial charge in [0.15, 0.2) is 0 Å². The molecule has 5 heteroatoms. The Kier molecular flexibility index (Phi) is 16.2. The molecule has 130 valence electrons. The highest BCUT2D eigenvalue weighted by atomic mass is 28.3. The summed E-state index contributed by atoms with van der Waals surface area (Å²) in [6.07, 6.45) is 13.1. The Morgan fingerprint density at radius 3 is 1.91 bits per heavy atom. The van der Waals surface area contributed by atoms with Crippen LogP contribution in [0.3, 0.4) is 0 Å². The first-order valence-electron chi connectivity index (χ1n) is 8.56. The Balaban J connectivity index is 3.17. The van der Waals surface area contributed by atoms with Crippen molar-refractivity contribution in [3.63, 3.8) is 0 Å². The predicted molar refractivity (Wildman–Crippen MR) is 93.3 cm³/mol. The van der Waals surface area contributed by atoms with Crippen LogP contribution in [0.2, 0.25) is 6.04 Å². The minimum absolute atomic E-state index is 0.103. The minimum atomic E-state index is -1.33. The normalized spacial score (nSPS) is 10.9. The van der Waals surface area contributed by atoms with E-state index in [1.54, 1.807) is 20.3 Å². The Morgan fingerprint density at radius 1 is 0.909 bits per heavy atom. The zero-order valence-electron chi connectivity index (χ0n) is 14.5. The zero-order chi connectivity index (χ0) is 16.5. The van der Waals surface area contributed by atoms with Crippen molar-refractivity contribution < 1.29 is 18.4 Å². The summed E-state index contributed by atoms with van der Waals surface area (Å²) in [7, 11) is 2.17. The number of carbonyl (C=O) groups is 1. The van der Waals surface area contributed by atoms with E-state index in [0.29, 0.717) is 13.0 Å². The smallest absolute Gasteiger partial charge is 0.320 e. The highest BCUT2D eigenvalue weighted by Gasteiger charge is 2.07. The molecule has 0 rings (SSSR count).